The zero-order valence-electron chi connectivity index (χ0n) is 7.28. The molecule has 66 valence electrons. The smallest absolute Gasteiger partial charge is 0.0758 e. The van der Waals surface area contributed by atoms with Crippen LogP contribution in [0.4, 0.5) is 0 Å². The predicted molar refractivity (Wildman–Crippen MR) is 52.4 cm³/mol. The van der Waals surface area contributed by atoms with E-state index in [4.69, 9.17) is 5.21 Å². The van der Waals surface area contributed by atoms with Crippen LogP contribution >= 0.6 is 0 Å². The van der Waals surface area contributed by atoms with E-state index in [0.29, 0.717) is 0 Å². The van der Waals surface area contributed by atoms with Crippen LogP contribution in [0.3, 0.4) is 0 Å². The number of rotatable bonds is 1. The third kappa shape index (κ3) is 1.18. The third-order valence-electron chi connectivity index (χ3n) is 2.13. The number of nitrogens with zero attached hydrogens (tertiary/aromatic N) is 1. The summed E-state index contributed by atoms with van der Waals surface area (Å²) >= 11 is 0. The van der Waals surface area contributed by atoms with E-state index in [0.717, 1.165) is 22.2 Å². The van der Waals surface area contributed by atoms with Gasteiger partial charge in [0.15, 0.2) is 0 Å². The van der Waals surface area contributed by atoms with Crippen LogP contribution in [-0.2, 0) is 0 Å². The molecule has 2 N–H and O–H groups in total. The monoisotopic (exact) mass is 174 g/mol. The maximum absolute atomic E-state index is 8.48. The first-order valence-corrected chi connectivity index (χ1v) is 4.07. The average molecular weight is 174 g/mol. The first-order chi connectivity index (χ1) is 6.33. The fraction of sp³-hybridized carbons (Fsp3) is 0.100. The summed E-state index contributed by atoms with van der Waals surface area (Å²) in [7, 11) is 0. The molecule has 1 aromatic heterocycles. The summed E-state index contributed by atoms with van der Waals surface area (Å²) in [5.41, 5.74) is 3.02. The Morgan fingerprint density at radius 3 is 2.92 bits per heavy atom. The Balaban J connectivity index is 2.78. The minimum atomic E-state index is 0.943. The highest BCUT2D eigenvalue weighted by Crippen LogP contribution is 2.19. The van der Waals surface area contributed by atoms with E-state index in [9.17, 15) is 0 Å². The number of benzene rings is 1. The third-order valence-corrected chi connectivity index (χ3v) is 2.13. The first kappa shape index (κ1) is 7.86. The van der Waals surface area contributed by atoms with Gasteiger partial charge in [0.25, 0.3) is 0 Å². The van der Waals surface area contributed by atoms with E-state index in [1.54, 1.807) is 0 Å². The Hall–Kier alpha value is -1.77. The molecule has 0 aliphatic rings. The second kappa shape index (κ2) is 2.94. The number of H-pyrrole nitrogens is 1. The van der Waals surface area contributed by atoms with Crippen LogP contribution in [0.2, 0.25) is 0 Å². The Morgan fingerprint density at radius 1 is 1.38 bits per heavy atom. The summed E-state index contributed by atoms with van der Waals surface area (Å²) in [6, 6.07) is 7.93. The molecule has 0 spiro atoms. The van der Waals surface area contributed by atoms with Crippen LogP contribution < -0.4 is 0 Å². The molecule has 2 rings (SSSR count). The van der Waals surface area contributed by atoms with Crippen molar-refractivity contribution in [3.05, 3.63) is 35.5 Å². The maximum atomic E-state index is 8.48. The lowest BCUT2D eigenvalue weighted by molar-refractivity contribution is 0.322. The van der Waals surface area contributed by atoms with E-state index in [1.807, 2.05) is 31.2 Å². The normalized spacial score (nSPS) is 11.5. The molecular weight excluding hydrogens is 164 g/mol. The highest BCUT2D eigenvalue weighted by molar-refractivity contribution is 6.00. The maximum Gasteiger partial charge on any atom is 0.0758 e. The van der Waals surface area contributed by atoms with E-state index < -0.39 is 0 Å². The van der Waals surface area contributed by atoms with Crippen LogP contribution in [0.1, 0.15) is 11.3 Å². The summed E-state index contributed by atoms with van der Waals surface area (Å²) in [5, 5.41) is 12.6. The van der Waals surface area contributed by atoms with Crippen molar-refractivity contribution >= 4 is 17.1 Å². The lowest BCUT2D eigenvalue weighted by Gasteiger charge is -1.89. The zero-order chi connectivity index (χ0) is 9.26. The van der Waals surface area contributed by atoms with E-state index in [-0.39, 0.29) is 0 Å². The molecule has 3 nitrogen and oxygen atoms in total. The second-order valence-corrected chi connectivity index (χ2v) is 2.95. The Bertz CT molecular complexity index is 457. The standard InChI is InChI=1S/C10H10N2O/c1-7-9(6-11-13)8-4-2-3-5-10(8)12-7/h2-6,12-13H,1H3/b11-6-. The van der Waals surface area contributed by atoms with Crippen LogP contribution in [0.25, 0.3) is 10.9 Å². The van der Waals surface area contributed by atoms with Gasteiger partial charge in [-0.25, -0.2) is 0 Å². The van der Waals surface area contributed by atoms with Crippen molar-refractivity contribution in [3.63, 3.8) is 0 Å². The number of hydrogen-bond donors (Lipinski definition) is 2. The van der Waals surface area contributed by atoms with Crippen LogP contribution in [0.5, 0.6) is 0 Å². The van der Waals surface area contributed by atoms with Gasteiger partial charge < -0.3 is 10.2 Å². The summed E-state index contributed by atoms with van der Waals surface area (Å²) in [6.07, 6.45) is 1.45. The molecule has 13 heavy (non-hydrogen) atoms. The quantitative estimate of drug-likeness (QED) is 0.389. The van der Waals surface area contributed by atoms with Gasteiger partial charge in [0.1, 0.15) is 0 Å². The van der Waals surface area contributed by atoms with E-state index in [1.165, 1.54) is 6.21 Å². The number of para-hydroxylation sites is 1. The lowest BCUT2D eigenvalue weighted by atomic mass is 10.1. The SMILES string of the molecule is Cc1[nH]c2ccccc2c1/C=N\O. The molecule has 0 radical (unpaired) electrons. The average Bonchev–Trinajstić information content (AvgIpc) is 2.44. The molecule has 3 heteroatoms. The molecular formula is C10H10N2O. The molecule has 1 heterocycles. The van der Waals surface area contributed by atoms with Crippen molar-refractivity contribution in [2.24, 2.45) is 5.16 Å². The Kier molecular flexibility index (Phi) is 1.77. The van der Waals surface area contributed by atoms with Gasteiger partial charge in [-0.15, -0.1) is 0 Å². The van der Waals surface area contributed by atoms with Gasteiger partial charge in [-0.05, 0) is 13.0 Å². The minimum absolute atomic E-state index is 0.943. The first-order valence-electron chi connectivity index (χ1n) is 4.07. The van der Waals surface area contributed by atoms with E-state index in [2.05, 4.69) is 10.1 Å². The van der Waals surface area contributed by atoms with Crippen LogP contribution in [-0.4, -0.2) is 16.4 Å². The topological polar surface area (TPSA) is 48.4 Å². The van der Waals surface area contributed by atoms with Crippen molar-refractivity contribution < 1.29 is 5.21 Å². The van der Waals surface area contributed by atoms with Crippen molar-refractivity contribution in [1.82, 2.24) is 4.98 Å². The fourth-order valence-electron chi connectivity index (χ4n) is 1.52. The fourth-order valence-corrected chi connectivity index (χ4v) is 1.52. The van der Waals surface area contributed by atoms with Crippen molar-refractivity contribution in [1.29, 1.82) is 0 Å². The highest BCUT2D eigenvalue weighted by Gasteiger charge is 2.04. The molecule has 0 unspecified atom stereocenters. The van der Waals surface area contributed by atoms with Gasteiger partial charge in [-0.1, -0.05) is 23.4 Å². The number of aryl methyl sites for hydroxylation is 1. The predicted octanol–water partition coefficient (Wildman–Crippen LogP) is 2.28. The zero-order valence-corrected chi connectivity index (χ0v) is 7.28. The summed E-state index contributed by atoms with van der Waals surface area (Å²) < 4.78 is 0. The van der Waals surface area contributed by atoms with Crippen molar-refractivity contribution in [3.8, 4) is 0 Å². The van der Waals surface area contributed by atoms with Gasteiger partial charge in [-0.2, -0.15) is 0 Å². The molecule has 0 fully saturated rings. The molecule has 0 saturated carbocycles. The largest absolute Gasteiger partial charge is 0.411 e. The molecule has 0 aliphatic heterocycles. The Labute approximate surface area is 75.7 Å². The molecule has 2 aromatic rings. The lowest BCUT2D eigenvalue weighted by Crippen LogP contribution is -1.81. The van der Waals surface area contributed by atoms with Crippen molar-refractivity contribution in [2.45, 2.75) is 6.92 Å². The minimum Gasteiger partial charge on any atom is -0.411 e. The summed E-state index contributed by atoms with van der Waals surface area (Å²) in [5.74, 6) is 0. The molecule has 0 atom stereocenters. The molecule has 0 amide bonds. The van der Waals surface area contributed by atoms with Crippen LogP contribution in [0, 0.1) is 6.92 Å². The number of oxime groups is 1. The summed E-state index contributed by atoms with van der Waals surface area (Å²) in [4.78, 5) is 3.21. The number of aromatic amines is 1. The molecule has 0 saturated heterocycles. The Morgan fingerprint density at radius 2 is 2.15 bits per heavy atom. The van der Waals surface area contributed by atoms with E-state index >= 15 is 0 Å². The molecule has 0 aliphatic carbocycles. The number of fused-ring (bicyclic) bond motifs is 1. The van der Waals surface area contributed by atoms with Gasteiger partial charge in [0, 0.05) is 22.2 Å². The molecule has 1 aromatic carbocycles. The highest BCUT2D eigenvalue weighted by atomic mass is 16.4. The van der Waals surface area contributed by atoms with Gasteiger partial charge in [-0.3, -0.25) is 0 Å². The summed E-state index contributed by atoms with van der Waals surface area (Å²) in [6.45, 7) is 1.96. The van der Waals surface area contributed by atoms with Gasteiger partial charge in [0.2, 0.25) is 0 Å². The number of nitrogens with one attached hydrogen (secondary N) is 1. The second-order valence-electron chi connectivity index (χ2n) is 2.95. The van der Waals surface area contributed by atoms with Gasteiger partial charge >= 0.3 is 0 Å². The number of hydrogen-bond acceptors (Lipinski definition) is 2. The van der Waals surface area contributed by atoms with Crippen LogP contribution in [0.15, 0.2) is 29.4 Å². The van der Waals surface area contributed by atoms with Crippen molar-refractivity contribution in [2.75, 3.05) is 0 Å². The van der Waals surface area contributed by atoms with Gasteiger partial charge in [0.05, 0.1) is 6.21 Å². The number of aromatic nitrogens is 1. The molecule has 0 bridgehead atoms.